The summed E-state index contributed by atoms with van der Waals surface area (Å²) in [5, 5.41) is 9.00. The highest BCUT2D eigenvalue weighted by Gasteiger charge is 2.17. The van der Waals surface area contributed by atoms with Crippen LogP contribution in [-0.2, 0) is 11.3 Å². The summed E-state index contributed by atoms with van der Waals surface area (Å²) in [5.74, 6) is 0. The summed E-state index contributed by atoms with van der Waals surface area (Å²) in [7, 11) is 0. The highest BCUT2D eigenvalue weighted by Crippen LogP contribution is 2.18. The predicted molar refractivity (Wildman–Crippen MR) is 55.7 cm³/mol. The van der Waals surface area contributed by atoms with Crippen molar-refractivity contribution in [1.82, 2.24) is 4.57 Å². The van der Waals surface area contributed by atoms with Crippen LogP contribution in [0.1, 0.15) is 24.4 Å². The molecule has 1 N–H and O–H groups in total. The zero-order valence-corrected chi connectivity index (χ0v) is 8.56. The summed E-state index contributed by atoms with van der Waals surface area (Å²) >= 11 is 0. The normalized spacial score (nSPS) is 17.9. The van der Waals surface area contributed by atoms with Gasteiger partial charge >= 0.3 is 0 Å². The number of aliphatic hydroxyl groups excluding tert-OH is 1. The Labute approximate surface area is 88.1 Å². The van der Waals surface area contributed by atoms with Gasteiger partial charge in [-0.3, -0.25) is 4.79 Å². The van der Waals surface area contributed by atoms with Gasteiger partial charge in [-0.1, -0.05) is 0 Å². The second-order valence-electron chi connectivity index (χ2n) is 3.75. The number of aromatic nitrogens is 1. The van der Waals surface area contributed by atoms with Gasteiger partial charge in [0.2, 0.25) is 0 Å². The van der Waals surface area contributed by atoms with Crippen LogP contribution in [0.15, 0.2) is 23.1 Å². The summed E-state index contributed by atoms with van der Waals surface area (Å²) in [5.41, 5.74) is 0.385. The quantitative estimate of drug-likeness (QED) is 0.779. The topological polar surface area (TPSA) is 51.5 Å². The molecule has 0 spiro atoms. The fourth-order valence-electron chi connectivity index (χ4n) is 1.93. The van der Waals surface area contributed by atoms with Gasteiger partial charge in [0.1, 0.15) is 0 Å². The lowest BCUT2D eigenvalue weighted by molar-refractivity contribution is 0.0684. The third kappa shape index (κ3) is 2.11. The van der Waals surface area contributed by atoms with Gasteiger partial charge in [0.15, 0.2) is 0 Å². The molecule has 1 aliphatic rings. The standard InChI is InChI=1S/C11H15NO3/c13-8-9-2-1-5-12(11(9)14)10-3-6-15-7-4-10/h1-2,5,10,13H,3-4,6-8H2. The largest absolute Gasteiger partial charge is 0.391 e. The van der Waals surface area contributed by atoms with Gasteiger partial charge in [-0.15, -0.1) is 0 Å². The van der Waals surface area contributed by atoms with Gasteiger partial charge in [0.25, 0.3) is 5.56 Å². The van der Waals surface area contributed by atoms with Crippen LogP contribution in [0, 0.1) is 0 Å². The Kier molecular flexibility index (Phi) is 3.18. The van der Waals surface area contributed by atoms with Gasteiger partial charge in [-0.25, -0.2) is 0 Å². The SMILES string of the molecule is O=c1c(CO)cccn1C1CCOCC1. The molecule has 15 heavy (non-hydrogen) atoms. The summed E-state index contributed by atoms with van der Waals surface area (Å²) in [6.45, 7) is 1.23. The Balaban J connectivity index is 2.30. The molecule has 0 bridgehead atoms. The molecule has 4 nitrogen and oxygen atoms in total. The predicted octanol–water partition coefficient (Wildman–Crippen LogP) is 0.692. The smallest absolute Gasteiger partial charge is 0.256 e. The molecule has 0 aromatic carbocycles. The Morgan fingerprint density at radius 3 is 2.87 bits per heavy atom. The first kappa shape index (κ1) is 10.4. The molecule has 0 amide bonds. The van der Waals surface area contributed by atoms with E-state index in [0.717, 1.165) is 12.8 Å². The van der Waals surface area contributed by atoms with Crippen molar-refractivity contribution in [2.24, 2.45) is 0 Å². The number of nitrogens with zero attached hydrogens (tertiary/aromatic N) is 1. The first-order valence-corrected chi connectivity index (χ1v) is 5.21. The molecule has 4 heteroatoms. The Morgan fingerprint density at radius 2 is 2.20 bits per heavy atom. The van der Waals surface area contributed by atoms with Crippen molar-refractivity contribution in [3.05, 3.63) is 34.2 Å². The fourth-order valence-corrected chi connectivity index (χ4v) is 1.93. The third-order valence-corrected chi connectivity index (χ3v) is 2.81. The number of rotatable bonds is 2. The molecular weight excluding hydrogens is 194 g/mol. The molecule has 1 aromatic heterocycles. The number of hydrogen-bond donors (Lipinski definition) is 1. The van der Waals surface area contributed by atoms with Crippen LogP contribution in [0.2, 0.25) is 0 Å². The lowest BCUT2D eigenvalue weighted by Gasteiger charge is -2.24. The lowest BCUT2D eigenvalue weighted by atomic mass is 10.1. The van der Waals surface area contributed by atoms with Crippen LogP contribution in [0.5, 0.6) is 0 Å². The van der Waals surface area contributed by atoms with E-state index < -0.39 is 0 Å². The van der Waals surface area contributed by atoms with Gasteiger partial charge < -0.3 is 14.4 Å². The van der Waals surface area contributed by atoms with E-state index in [1.807, 2.05) is 6.07 Å². The van der Waals surface area contributed by atoms with Crippen molar-refractivity contribution in [1.29, 1.82) is 0 Å². The Hall–Kier alpha value is -1.13. The van der Waals surface area contributed by atoms with Gasteiger partial charge in [-0.2, -0.15) is 0 Å². The van der Waals surface area contributed by atoms with Crippen molar-refractivity contribution in [3.63, 3.8) is 0 Å². The maximum absolute atomic E-state index is 11.9. The highest BCUT2D eigenvalue weighted by molar-refractivity contribution is 5.09. The van der Waals surface area contributed by atoms with E-state index in [-0.39, 0.29) is 18.2 Å². The molecule has 0 radical (unpaired) electrons. The third-order valence-electron chi connectivity index (χ3n) is 2.81. The zero-order valence-electron chi connectivity index (χ0n) is 8.56. The maximum Gasteiger partial charge on any atom is 0.256 e. The van der Waals surface area contributed by atoms with Gasteiger partial charge in [0, 0.05) is 31.0 Å². The fraction of sp³-hybridized carbons (Fsp3) is 0.545. The molecule has 1 saturated heterocycles. The molecular formula is C11H15NO3. The minimum absolute atomic E-state index is 0.0769. The second-order valence-corrected chi connectivity index (χ2v) is 3.75. The van der Waals surface area contributed by atoms with Crippen molar-refractivity contribution in [3.8, 4) is 0 Å². The molecule has 2 heterocycles. The molecule has 0 saturated carbocycles. The van der Waals surface area contributed by atoms with Crippen molar-refractivity contribution >= 4 is 0 Å². The number of pyridine rings is 1. The van der Waals surface area contributed by atoms with E-state index >= 15 is 0 Å². The molecule has 0 atom stereocenters. The second kappa shape index (κ2) is 4.59. The van der Waals surface area contributed by atoms with Crippen molar-refractivity contribution in [2.45, 2.75) is 25.5 Å². The van der Waals surface area contributed by atoms with Crippen molar-refractivity contribution in [2.75, 3.05) is 13.2 Å². The Morgan fingerprint density at radius 1 is 1.47 bits per heavy atom. The summed E-state index contributed by atoms with van der Waals surface area (Å²) < 4.78 is 6.97. The van der Waals surface area contributed by atoms with Crippen LogP contribution >= 0.6 is 0 Å². The number of ether oxygens (including phenoxy) is 1. The van der Waals surface area contributed by atoms with E-state index in [2.05, 4.69) is 0 Å². The molecule has 1 aliphatic heterocycles. The average molecular weight is 209 g/mol. The molecule has 1 aromatic rings. The molecule has 1 fully saturated rings. The van der Waals surface area contributed by atoms with Crippen LogP contribution < -0.4 is 5.56 Å². The minimum atomic E-state index is -0.192. The van der Waals surface area contributed by atoms with E-state index in [4.69, 9.17) is 9.84 Å². The average Bonchev–Trinajstić information content (AvgIpc) is 2.30. The Bertz CT molecular complexity index is 380. The summed E-state index contributed by atoms with van der Waals surface area (Å²) in [6, 6.07) is 3.69. The van der Waals surface area contributed by atoms with Crippen LogP contribution in [0.4, 0.5) is 0 Å². The first-order valence-electron chi connectivity index (χ1n) is 5.21. The van der Waals surface area contributed by atoms with Crippen molar-refractivity contribution < 1.29 is 9.84 Å². The monoisotopic (exact) mass is 209 g/mol. The van der Waals surface area contributed by atoms with E-state index in [0.29, 0.717) is 18.8 Å². The highest BCUT2D eigenvalue weighted by atomic mass is 16.5. The van der Waals surface area contributed by atoms with E-state index in [1.54, 1.807) is 16.8 Å². The molecule has 82 valence electrons. The number of hydrogen-bond acceptors (Lipinski definition) is 3. The van der Waals surface area contributed by atoms with Crippen LogP contribution in [0.25, 0.3) is 0 Å². The van der Waals surface area contributed by atoms with Gasteiger partial charge in [-0.05, 0) is 25.0 Å². The van der Waals surface area contributed by atoms with Crippen LogP contribution in [-0.4, -0.2) is 22.9 Å². The lowest BCUT2D eigenvalue weighted by Crippen LogP contribution is -2.30. The molecule has 2 rings (SSSR count). The maximum atomic E-state index is 11.9. The number of aliphatic hydroxyl groups is 1. The first-order chi connectivity index (χ1) is 7.33. The summed E-state index contributed by atoms with van der Waals surface area (Å²) in [4.78, 5) is 11.9. The van der Waals surface area contributed by atoms with Gasteiger partial charge in [0.05, 0.1) is 6.61 Å². The molecule has 0 aliphatic carbocycles. The van der Waals surface area contributed by atoms with E-state index in [1.165, 1.54) is 0 Å². The zero-order chi connectivity index (χ0) is 10.7. The van der Waals surface area contributed by atoms with E-state index in [9.17, 15) is 4.79 Å². The van der Waals surface area contributed by atoms with Crippen LogP contribution in [0.3, 0.4) is 0 Å². The summed E-state index contributed by atoms with van der Waals surface area (Å²) in [6.07, 6.45) is 3.53. The molecule has 0 unspecified atom stereocenters. The minimum Gasteiger partial charge on any atom is -0.391 e.